The number of allylic oxidation sites excluding steroid dienone is 10. The Balaban J connectivity index is 4.04. The Morgan fingerprint density at radius 3 is 1.26 bits per heavy atom. The molecule has 0 rings (SSSR count). The highest BCUT2D eigenvalue weighted by molar-refractivity contribution is 5.70. The van der Waals surface area contributed by atoms with Gasteiger partial charge in [0.05, 0.1) is 6.61 Å². The molecule has 0 saturated carbocycles. The molecule has 0 aromatic heterocycles. The van der Waals surface area contributed by atoms with Gasteiger partial charge >= 0.3 is 11.9 Å². The van der Waals surface area contributed by atoms with Crippen LogP contribution in [0.5, 0.6) is 0 Å². The van der Waals surface area contributed by atoms with Gasteiger partial charge in [0.2, 0.25) is 0 Å². The molecular weight excluding hydrogens is 717 g/mol. The lowest BCUT2D eigenvalue weighted by atomic mass is 10.1. The molecule has 0 bridgehead atoms. The Morgan fingerprint density at radius 1 is 0.397 bits per heavy atom. The van der Waals surface area contributed by atoms with Crippen molar-refractivity contribution in [3.63, 3.8) is 0 Å². The van der Waals surface area contributed by atoms with Crippen LogP contribution >= 0.6 is 0 Å². The van der Waals surface area contributed by atoms with Crippen LogP contribution in [-0.2, 0) is 23.8 Å². The third-order valence-electron chi connectivity index (χ3n) is 10.5. The normalized spacial score (nSPS) is 12.7. The first-order chi connectivity index (χ1) is 28.6. The second-order valence-corrected chi connectivity index (χ2v) is 16.3. The summed E-state index contributed by atoms with van der Waals surface area (Å²) in [5.41, 5.74) is 0. The zero-order valence-electron chi connectivity index (χ0n) is 38.6. The lowest BCUT2D eigenvalue weighted by Gasteiger charge is -2.18. The minimum absolute atomic E-state index is 0.0781. The first-order valence-electron chi connectivity index (χ1n) is 24.8. The van der Waals surface area contributed by atoms with E-state index >= 15 is 0 Å². The molecule has 336 valence electrons. The molecule has 0 aliphatic heterocycles. The Kier molecular flexibility index (Phi) is 46.9. The van der Waals surface area contributed by atoms with E-state index in [1.54, 1.807) is 0 Å². The average molecular weight is 811 g/mol. The summed E-state index contributed by atoms with van der Waals surface area (Å²) >= 11 is 0. The second kappa shape index (κ2) is 49.0. The maximum absolute atomic E-state index is 12.6. The van der Waals surface area contributed by atoms with E-state index in [-0.39, 0.29) is 25.2 Å². The summed E-state index contributed by atoms with van der Waals surface area (Å²) in [6.07, 6.45) is 61.1. The van der Waals surface area contributed by atoms with Gasteiger partial charge in [0, 0.05) is 19.4 Å². The zero-order valence-corrected chi connectivity index (χ0v) is 38.6. The van der Waals surface area contributed by atoms with Crippen molar-refractivity contribution in [1.29, 1.82) is 0 Å². The summed E-state index contributed by atoms with van der Waals surface area (Å²) in [4.78, 5) is 25.1. The lowest BCUT2D eigenvalue weighted by molar-refractivity contribution is -0.163. The van der Waals surface area contributed by atoms with Gasteiger partial charge in [-0.2, -0.15) is 0 Å². The molecule has 5 heteroatoms. The molecule has 0 aromatic rings. The minimum Gasteiger partial charge on any atom is -0.462 e. The van der Waals surface area contributed by atoms with Gasteiger partial charge in [-0.05, 0) is 83.5 Å². The van der Waals surface area contributed by atoms with Crippen LogP contribution in [0.3, 0.4) is 0 Å². The highest BCUT2D eigenvalue weighted by atomic mass is 16.6. The number of hydrogen-bond acceptors (Lipinski definition) is 5. The van der Waals surface area contributed by atoms with Gasteiger partial charge in [-0.25, -0.2) is 0 Å². The Labute approximate surface area is 360 Å². The van der Waals surface area contributed by atoms with E-state index in [0.29, 0.717) is 19.4 Å². The Hall–Kier alpha value is -2.40. The summed E-state index contributed by atoms with van der Waals surface area (Å²) in [7, 11) is 0. The van der Waals surface area contributed by atoms with E-state index in [9.17, 15) is 9.59 Å². The molecule has 5 nitrogen and oxygen atoms in total. The van der Waals surface area contributed by atoms with Gasteiger partial charge in [-0.1, -0.05) is 204 Å². The van der Waals surface area contributed by atoms with E-state index in [1.807, 2.05) is 0 Å². The molecule has 0 fully saturated rings. The van der Waals surface area contributed by atoms with E-state index < -0.39 is 6.10 Å². The molecule has 0 aliphatic rings. The molecule has 0 N–H and O–H groups in total. The van der Waals surface area contributed by atoms with Crippen LogP contribution in [0.4, 0.5) is 0 Å². The average Bonchev–Trinajstić information content (AvgIpc) is 3.22. The molecule has 1 atom stereocenters. The van der Waals surface area contributed by atoms with Crippen molar-refractivity contribution in [3.8, 4) is 0 Å². The Bertz CT molecular complexity index is 1010. The fourth-order valence-electron chi connectivity index (χ4n) is 6.85. The summed E-state index contributed by atoms with van der Waals surface area (Å²) in [6.45, 7) is 7.62. The summed E-state index contributed by atoms with van der Waals surface area (Å²) in [5.74, 6) is -0.417. The predicted octanol–water partition coefficient (Wildman–Crippen LogP) is 16.6. The first kappa shape index (κ1) is 55.6. The molecule has 0 spiro atoms. The van der Waals surface area contributed by atoms with Crippen LogP contribution in [0.1, 0.15) is 239 Å². The molecule has 0 aromatic carbocycles. The first-order valence-corrected chi connectivity index (χ1v) is 24.8. The molecule has 0 amide bonds. The summed E-state index contributed by atoms with van der Waals surface area (Å²) < 4.78 is 17.2. The number of carbonyl (C=O) groups excluding carboxylic acids is 2. The minimum atomic E-state index is -0.539. The van der Waals surface area contributed by atoms with Crippen molar-refractivity contribution in [3.05, 3.63) is 60.8 Å². The monoisotopic (exact) mass is 811 g/mol. The predicted molar refractivity (Wildman–Crippen MR) is 251 cm³/mol. The van der Waals surface area contributed by atoms with Crippen molar-refractivity contribution in [2.75, 3.05) is 19.8 Å². The van der Waals surface area contributed by atoms with Crippen LogP contribution < -0.4 is 0 Å². The third kappa shape index (κ3) is 46.3. The molecule has 0 aliphatic carbocycles. The maximum Gasteiger partial charge on any atom is 0.306 e. The number of ether oxygens (including phenoxy) is 3. The summed E-state index contributed by atoms with van der Waals surface area (Å²) in [6, 6.07) is 0. The highest BCUT2D eigenvalue weighted by Gasteiger charge is 2.17. The molecule has 0 radical (unpaired) electrons. The number of rotatable bonds is 45. The van der Waals surface area contributed by atoms with Gasteiger partial charge in [0.25, 0.3) is 0 Å². The van der Waals surface area contributed by atoms with Gasteiger partial charge in [0.15, 0.2) is 6.10 Å². The van der Waals surface area contributed by atoms with E-state index in [1.165, 1.54) is 135 Å². The quantitative estimate of drug-likeness (QED) is 0.0348. The van der Waals surface area contributed by atoms with Crippen LogP contribution in [0.15, 0.2) is 60.8 Å². The van der Waals surface area contributed by atoms with Crippen molar-refractivity contribution in [1.82, 2.24) is 0 Å². The fourth-order valence-corrected chi connectivity index (χ4v) is 6.85. The Morgan fingerprint density at radius 2 is 0.776 bits per heavy atom. The lowest BCUT2D eigenvalue weighted by Crippen LogP contribution is -2.30. The van der Waals surface area contributed by atoms with Crippen LogP contribution in [0.25, 0.3) is 0 Å². The van der Waals surface area contributed by atoms with Crippen LogP contribution in [-0.4, -0.2) is 37.9 Å². The van der Waals surface area contributed by atoms with Crippen molar-refractivity contribution < 1.29 is 23.8 Å². The van der Waals surface area contributed by atoms with Crippen LogP contribution in [0, 0.1) is 0 Å². The van der Waals surface area contributed by atoms with Crippen molar-refractivity contribution in [2.24, 2.45) is 0 Å². The molecule has 0 heterocycles. The molecular formula is C53H94O5. The third-order valence-corrected chi connectivity index (χ3v) is 10.5. The standard InChI is InChI=1S/C53H94O5/c1-4-7-10-13-15-17-19-21-23-25-26-27-29-31-33-35-37-39-42-45-48-56-49-51(58-53(55)47-44-40-12-9-6-3)50-57-52(54)46-43-41-38-36-34-32-30-28-24-22-20-18-16-14-11-8-5-2/h7,10,15,17,21-24,26-27,51H,4-6,8-9,11-14,16,18-20,25,28-50H2,1-3H3/b10-7-,17-15-,23-21-,24-22-,27-26-. The molecule has 58 heavy (non-hydrogen) atoms. The SMILES string of the molecule is CC/C=C\C/C=C\C/C=C\C/C=C\CCCCCCCCCOCC(COC(=O)CCCCCCCCC/C=C\CCCCCCCC)OC(=O)CCCCCCC. The van der Waals surface area contributed by atoms with Gasteiger partial charge < -0.3 is 14.2 Å². The van der Waals surface area contributed by atoms with E-state index in [4.69, 9.17) is 14.2 Å². The fraction of sp³-hybridized carbons (Fsp3) is 0.774. The van der Waals surface area contributed by atoms with Crippen molar-refractivity contribution >= 4 is 11.9 Å². The largest absolute Gasteiger partial charge is 0.462 e. The smallest absolute Gasteiger partial charge is 0.306 e. The zero-order chi connectivity index (χ0) is 42.1. The molecule has 0 saturated heterocycles. The number of hydrogen-bond donors (Lipinski definition) is 0. The van der Waals surface area contributed by atoms with Crippen LogP contribution in [0.2, 0.25) is 0 Å². The topological polar surface area (TPSA) is 61.8 Å². The maximum atomic E-state index is 12.6. The van der Waals surface area contributed by atoms with E-state index in [0.717, 1.165) is 70.6 Å². The van der Waals surface area contributed by atoms with E-state index in [2.05, 4.69) is 81.5 Å². The number of unbranched alkanes of at least 4 members (excludes halogenated alkanes) is 24. The second-order valence-electron chi connectivity index (χ2n) is 16.3. The highest BCUT2D eigenvalue weighted by Crippen LogP contribution is 2.14. The van der Waals surface area contributed by atoms with Gasteiger partial charge in [-0.15, -0.1) is 0 Å². The number of carbonyl (C=O) groups is 2. The van der Waals surface area contributed by atoms with Crippen molar-refractivity contribution in [2.45, 2.75) is 245 Å². The summed E-state index contributed by atoms with van der Waals surface area (Å²) in [5, 5.41) is 0. The van der Waals surface area contributed by atoms with Gasteiger partial charge in [0.1, 0.15) is 6.61 Å². The van der Waals surface area contributed by atoms with Gasteiger partial charge in [-0.3, -0.25) is 9.59 Å². The molecule has 1 unspecified atom stereocenters. The number of esters is 2.